The van der Waals surface area contributed by atoms with Gasteiger partial charge in [0.2, 0.25) is 0 Å². The first-order valence-corrected chi connectivity index (χ1v) is 3.54. The highest BCUT2D eigenvalue weighted by molar-refractivity contribution is 9.10. The third-order valence-corrected chi connectivity index (χ3v) is 1.26. The zero-order valence-corrected chi connectivity index (χ0v) is 7.15. The van der Waals surface area contributed by atoms with Gasteiger partial charge < -0.3 is 10.2 Å². The highest BCUT2D eigenvalue weighted by Gasteiger charge is 1.74. The molecule has 0 aliphatic heterocycles. The van der Waals surface area contributed by atoms with Crippen LogP contribution < -0.4 is 0 Å². The predicted octanol–water partition coefficient (Wildman–Crippen LogP) is 2.67. The monoisotopic (exact) mass is 218 g/mol. The van der Waals surface area contributed by atoms with Crippen molar-refractivity contribution in [2.75, 3.05) is 0 Å². The quantitative estimate of drug-likeness (QED) is 0.705. The molecule has 1 aromatic carbocycles. The average Bonchev–Trinajstić information content (AvgIpc) is 1.87. The van der Waals surface area contributed by atoms with Gasteiger partial charge in [0.15, 0.2) is 0 Å². The molecule has 2 N–H and O–H groups in total. The molecule has 0 bridgehead atoms. The molecule has 0 radical (unpaired) electrons. The summed E-state index contributed by atoms with van der Waals surface area (Å²) in [5.74, 6) is 0. The third-order valence-electron chi connectivity index (χ3n) is 0.733. The van der Waals surface area contributed by atoms with E-state index in [1.165, 1.54) is 0 Å². The predicted molar refractivity (Wildman–Crippen MR) is 44.8 cm³/mol. The first-order valence-electron chi connectivity index (χ1n) is 2.75. The molecule has 1 aromatic rings. The zero-order valence-electron chi connectivity index (χ0n) is 5.57. The number of benzene rings is 1. The SMILES string of the molecule is Brc1ccccc1.O=C(O)O. The summed E-state index contributed by atoms with van der Waals surface area (Å²) < 4.78 is 1.13. The van der Waals surface area contributed by atoms with Crippen molar-refractivity contribution in [1.29, 1.82) is 0 Å². The maximum absolute atomic E-state index is 8.56. The molecule has 0 amide bonds. The van der Waals surface area contributed by atoms with Gasteiger partial charge in [-0.2, -0.15) is 0 Å². The summed E-state index contributed by atoms with van der Waals surface area (Å²) in [5.41, 5.74) is 0. The van der Waals surface area contributed by atoms with E-state index >= 15 is 0 Å². The molecule has 3 nitrogen and oxygen atoms in total. The van der Waals surface area contributed by atoms with Crippen LogP contribution in [0.4, 0.5) is 4.79 Å². The van der Waals surface area contributed by atoms with E-state index in [4.69, 9.17) is 15.0 Å². The number of carbonyl (C=O) groups is 1. The van der Waals surface area contributed by atoms with Crippen LogP contribution in [0.3, 0.4) is 0 Å². The lowest BCUT2D eigenvalue weighted by Gasteiger charge is -1.80. The van der Waals surface area contributed by atoms with Gasteiger partial charge in [0, 0.05) is 4.47 Å². The maximum Gasteiger partial charge on any atom is 0.503 e. The third kappa shape index (κ3) is 8.97. The summed E-state index contributed by atoms with van der Waals surface area (Å²) in [4.78, 5) is 8.56. The van der Waals surface area contributed by atoms with Crippen LogP contribution in [0.15, 0.2) is 34.8 Å². The van der Waals surface area contributed by atoms with Crippen LogP contribution in [0.1, 0.15) is 0 Å². The van der Waals surface area contributed by atoms with Gasteiger partial charge in [-0.3, -0.25) is 0 Å². The Labute approximate surface area is 72.4 Å². The van der Waals surface area contributed by atoms with Crippen molar-refractivity contribution >= 4 is 22.1 Å². The number of hydrogen-bond acceptors (Lipinski definition) is 1. The second-order valence-electron chi connectivity index (χ2n) is 1.58. The minimum atomic E-state index is -1.83. The van der Waals surface area contributed by atoms with Crippen molar-refractivity contribution in [3.05, 3.63) is 34.8 Å². The van der Waals surface area contributed by atoms with Gasteiger partial charge in [0.1, 0.15) is 0 Å². The first-order chi connectivity index (χ1) is 5.13. The number of rotatable bonds is 0. The van der Waals surface area contributed by atoms with Crippen molar-refractivity contribution in [3.8, 4) is 0 Å². The molecule has 0 spiro atoms. The van der Waals surface area contributed by atoms with Crippen molar-refractivity contribution < 1.29 is 15.0 Å². The molecule has 0 unspecified atom stereocenters. The minimum Gasteiger partial charge on any atom is -0.450 e. The van der Waals surface area contributed by atoms with Crippen molar-refractivity contribution in [3.63, 3.8) is 0 Å². The van der Waals surface area contributed by atoms with Crippen molar-refractivity contribution in [1.82, 2.24) is 0 Å². The van der Waals surface area contributed by atoms with Crippen LogP contribution >= 0.6 is 15.9 Å². The molecular formula is C7H7BrO3. The normalized spacial score (nSPS) is 7.73. The van der Waals surface area contributed by atoms with Crippen molar-refractivity contribution in [2.24, 2.45) is 0 Å². The Balaban J connectivity index is 0.000000218. The lowest BCUT2D eigenvalue weighted by molar-refractivity contribution is 0.137. The van der Waals surface area contributed by atoms with E-state index in [-0.39, 0.29) is 0 Å². The van der Waals surface area contributed by atoms with E-state index in [2.05, 4.69) is 15.9 Å². The zero-order chi connectivity index (χ0) is 8.69. The van der Waals surface area contributed by atoms with E-state index in [1.807, 2.05) is 30.3 Å². The summed E-state index contributed by atoms with van der Waals surface area (Å²) in [5, 5.41) is 13.9. The largest absolute Gasteiger partial charge is 0.503 e. The Kier molecular flexibility index (Phi) is 5.20. The Bertz CT molecular complexity index is 206. The van der Waals surface area contributed by atoms with E-state index in [0.717, 1.165) is 4.47 Å². The number of hydrogen-bond donors (Lipinski definition) is 2. The lowest BCUT2D eigenvalue weighted by Crippen LogP contribution is -1.81. The molecule has 0 saturated heterocycles. The summed E-state index contributed by atoms with van der Waals surface area (Å²) in [6.45, 7) is 0. The molecule has 0 heterocycles. The summed E-state index contributed by atoms with van der Waals surface area (Å²) in [6, 6.07) is 9.97. The second kappa shape index (κ2) is 5.73. The highest BCUT2D eigenvalue weighted by Crippen LogP contribution is 2.05. The Morgan fingerprint density at radius 2 is 1.55 bits per heavy atom. The van der Waals surface area contributed by atoms with Crippen LogP contribution in [-0.4, -0.2) is 16.4 Å². The summed E-state index contributed by atoms with van der Waals surface area (Å²) in [7, 11) is 0. The van der Waals surface area contributed by atoms with Crippen LogP contribution in [0.25, 0.3) is 0 Å². The Hall–Kier alpha value is -1.03. The van der Waals surface area contributed by atoms with Crippen LogP contribution in [0.2, 0.25) is 0 Å². The van der Waals surface area contributed by atoms with E-state index < -0.39 is 6.16 Å². The van der Waals surface area contributed by atoms with Gasteiger partial charge in [-0.1, -0.05) is 34.1 Å². The van der Waals surface area contributed by atoms with Gasteiger partial charge in [-0.05, 0) is 12.1 Å². The molecule has 60 valence electrons. The molecule has 0 fully saturated rings. The lowest BCUT2D eigenvalue weighted by atomic mass is 10.4. The molecule has 0 aliphatic rings. The van der Waals surface area contributed by atoms with Crippen LogP contribution in [0, 0.1) is 0 Å². The first kappa shape index (κ1) is 9.97. The number of carboxylic acid groups (broad SMARTS) is 2. The van der Waals surface area contributed by atoms with E-state index in [9.17, 15) is 0 Å². The highest BCUT2D eigenvalue weighted by atomic mass is 79.9. The molecular weight excluding hydrogens is 212 g/mol. The summed E-state index contributed by atoms with van der Waals surface area (Å²) >= 11 is 3.31. The van der Waals surface area contributed by atoms with Gasteiger partial charge in [-0.15, -0.1) is 0 Å². The summed E-state index contributed by atoms with van der Waals surface area (Å²) in [6.07, 6.45) is -1.83. The van der Waals surface area contributed by atoms with Crippen LogP contribution in [-0.2, 0) is 0 Å². The van der Waals surface area contributed by atoms with Gasteiger partial charge >= 0.3 is 6.16 Å². The maximum atomic E-state index is 8.56. The average molecular weight is 219 g/mol. The molecule has 0 aromatic heterocycles. The topological polar surface area (TPSA) is 57.5 Å². The molecule has 0 aliphatic carbocycles. The minimum absolute atomic E-state index is 1.13. The Morgan fingerprint density at radius 3 is 1.73 bits per heavy atom. The Morgan fingerprint density at radius 1 is 1.18 bits per heavy atom. The molecule has 4 heteroatoms. The fourth-order valence-electron chi connectivity index (χ4n) is 0.415. The molecule has 1 rings (SSSR count). The fraction of sp³-hybridized carbons (Fsp3) is 0. The fourth-order valence-corrected chi connectivity index (χ4v) is 0.720. The van der Waals surface area contributed by atoms with Crippen LogP contribution in [0.5, 0.6) is 0 Å². The standard InChI is InChI=1S/C6H5Br.CH2O3/c7-6-4-2-1-3-5-6;2-1(3)4/h1-5H;(H2,2,3,4). The van der Waals surface area contributed by atoms with E-state index in [0.29, 0.717) is 0 Å². The van der Waals surface area contributed by atoms with Gasteiger partial charge in [0.25, 0.3) is 0 Å². The number of halogens is 1. The smallest absolute Gasteiger partial charge is 0.450 e. The molecule has 11 heavy (non-hydrogen) atoms. The van der Waals surface area contributed by atoms with E-state index in [1.54, 1.807) is 0 Å². The second-order valence-corrected chi connectivity index (χ2v) is 2.49. The molecule has 0 atom stereocenters. The van der Waals surface area contributed by atoms with Gasteiger partial charge in [-0.25, -0.2) is 4.79 Å². The van der Waals surface area contributed by atoms with Crippen molar-refractivity contribution in [2.45, 2.75) is 0 Å². The van der Waals surface area contributed by atoms with Gasteiger partial charge in [0.05, 0.1) is 0 Å². The molecule has 0 saturated carbocycles.